The lowest BCUT2D eigenvalue weighted by Crippen LogP contribution is -2.34. The molecule has 2 aliphatic carbocycles. The minimum atomic E-state index is -0.192. The van der Waals surface area contributed by atoms with Gasteiger partial charge in [-0.05, 0) is 76.7 Å². The molecule has 0 saturated carbocycles. The third-order valence-electron chi connectivity index (χ3n) is 8.10. The van der Waals surface area contributed by atoms with Crippen molar-refractivity contribution in [3.63, 3.8) is 0 Å². The number of hydrogen-bond donors (Lipinski definition) is 0. The molecule has 0 bridgehead atoms. The van der Waals surface area contributed by atoms with E-state index in [0.29, 0.717) is 0 Å². The van der Waals surface area contributed by atoms with Gasteiger partial charge in [-0.3, -0.25) is 0 Å². The van der Waals surface area contributed by atoms with Gasteiger partial charge in [0.15, 0.2) is 0 Å². The maximum Gasteiger partial charge on any atom is 0.0192 e. The maximum atomic E-state index is 4.19. The van der Waals surface area contributed by atoms with E-state index in [-0.39, 0.29) is 16.2 Å². The molecule has 2 unspecified atom stereocenters. The minimum absolute atomic E-state index is 0.00304. The molecular formula is C37H44. The van der Waals surface area contributed by atoms with Crippen LogP contribution in [0.2, 0.25) is 0 Å². The standard InChI is InChI=1S/C37H44/c1-11-17-23-33-28(15-5)27(14-4)31(20-12-2)36(33,9)25-35(7,8)26-37(10)32(21-13-3)29(16-6)30-22-18-19-24-34(30)37/h11-24H,1,4-6,25-26H2,2-3,7-10H3/b20-12-,21-13-,23-17-. The van der Waals surface area contributed by atoms with Crippen LogP contribution in [0.3, 0.4) is 0 Å². The molecule has 192 valence electrons. The first-order valence-electron chi connectivity index (χ1n) is 13.3. The Labute approximate surface area is 226 Å². The summed E-state index contributed by atoms with van der Waals surface area (Å²) in [6.45, 7) is 30.3. The van der Waals surface area contributed by atoms with Crippen LogP contribution >= 0.6 is 0 Å². The summed E-state index contributed by atoms with van der Waals surface area (Å²) >= 11 is 0. The SMILES string of the molecule is C=C/C=C\C1=C(C=C)C(C=C)=C(/C=C\C)C1(C)CC(C)(C)CC1(C)C(/C=C\C)=C(C=C)c2ccccc21. The Hall–Kier alpha value is -3.38. The average molecular weight is 489 g/mol. The first kappa shape index (κ1) is 28.2. The molecule has 0 N–H and O–H groups in total. The lowest BCUT2D eigenvalue weighted by molar-refractivity contribution is 0.197. The molecule has 0 radical (unpaired) electrons. The van der Waals surface area contributed by atoms with Crippen molar-refractivity contribution in [3.05, 3.63) is 150 Å². The quantitative estimate of drug-likeness (QED) is 0.272. The van der Waals surface area contributed by atoms with Crippen molar-refractivity contribution < 1.29 is 0 Å². The largest absolute Gasteiger partial charge is 0.0991 e. The minimum Gasteiger partial charge on any atom is -0.0991 e. The van der Waals surface area contributed by atoms with Crippen LogP contribution in [-0.4, -0.2) is 0 Å². The van der Waals surface area contributed by atoms with Gasteiger partial charge >= 0.3 is 0 Å². The second kappa shape index (κ2) is 10.9. The molecule has 0 spiro atoms. The van der Waals surface area contributed by atoms with E-state index in [4.69, 9.17) is 0 Å². The lowest BCUT2D eigenvalue weighted by atomic mass is 9.61. The summed E-state index contributed by atoms with van der Waals surface area (Å²) in [7, 11) is 0. The van der Waals surface area contributed by atoms with E-state index < -0.39 is 0 Å². The van der Waals surface area contributed by atoms with Gasteiger partial charge in [-0.2, -0.15) is 0 Å². The van der Waals surface area contributed by atoms with Gasteiger partial charge in [0.25, 0.3) is 0 Å². The van der Waals surface area contributed by atoms with Gasteiger partial charge in [0.05, 0.1) is 0 Å². The van der Waals surface area contributed by atoms with Crippen molar-refractivity contribution in [2.24, 2.45) is 10.8 Å². The highest BCUT2D eigenvalue weighted by Crippen LogP contribution is 2.58. The second-order valence-corrected chi connectivity index (χ2v) is 11.4. The Morgan fingerprint density at radius 1 is 0.703 bits per heavy atom. The van der Waals surface area contributed by atoms with Gasteiger partial charge in [0.1, 0.15) is 0 Å². The summed E-state index contributed by atoms with van der Waals surface area (Å²) in [6.07, 6.45) is 23.0. The van der Waals surface area contributed by atoms with E-state index in [1.54, 1.807) is 0 Å². The van der Waals surface area contributed by atoms with Crippen LogP contribution in [-0.2, 0) is 5.41 Å². The van der Waals surface area contributed by atoms with Crippen molar-refractivity contribution in [1.82, 2.24) is 0 Å². The van der Waals surface area contributed by atoms with Gasteiger partial charge in [-0.1, -0.05) is 139 Å². The van der Waals surface area contributed by atoms with Crippen LogP contribution < -0.4 is 0 Å². The first-order valence-corrected chi connectivity index (χ1v) is 13.3. The highest BCUT2D eigenvalue weighted by molar-refractivity contribution is 5.87. The lowest BCUT2D eigenvalue weighted by Gasteiger charge is -2.43. The van der Waals surface area contributed by atoms with Gasteiger partial charge in [0, 0.05) is 10.8 Å². The fourth-order valence-corrected chi connectivity index (χ4v) is 7.15. The van der Waals surface area contributed by atoms with E-state index >= 15 is 0 Å². The number of fused-ring (bicyclic) bond motifs is 1. The van der Waals surface area contributed by atoms with Crippen molar-refractivity contribution in [1.29, 1.82) is 0 Å². The molecule has 2 aliphatic rings. The molecule has 0 fully saturated rings. The number of allylic oxidation sites excluding steroid dienone is 16. The van der Waals surface area contributed by atoms with E-state index in [9.17, 15) is 0 Å². The third kappa shape index (κ3) is 4.82. The fourth-order valence-electron chi connectivity index (χ4n) is 7.15. The molecule has 0 heterocycles. The molecule has 1 aromatic rings. The highest BCUT2D eigenvalue weighted by atomic mass is 14.5. The summed E-state index contributed by atoms with van der Waals surface area (Å²) in [6, 6.07) is 8.85. The first-order chi connectivity index (χ1) is 17.6. The van der Waals surface area contributed by atoms with Crippen LogP contribution in [0.4, 0.5) is 0 Å². The zero-order valence-electron chi connectivity index (χ0n) is 23.8. The van der Waals surface area contributed by atoms with Crippen molar-refractivity contribution >= 4 is 5.57 Å². The molecule has 0 amide bonds. The fraction of sp³-hybridized carbons (Fsp3) is 0.297. The summed E-state index contributed by atoms with van der Waals surface area (Å²) in [5, 5.41) is 0. The molecule has 2 atom stereocenters. The summed E-state index contributed by atoms with van der Waals surface area (Å²) in [5.41, 5.74) is 9.96. The van der Waals surface area contributed by atoms with Crippen molar-refractivity contribution in [3.8, 4) is 0 Å². The molecule has 0 heteroatoms. The van der Waals surface area contributed by atoms with Crippen LogP contribution in [0.1, 0.15) is 65.5 Å². The van der Waals surface area contributed by atoms with E-state index in [0.717, 1.165) is 12.8 Å². The molecular weight excluding hydrogens is 444 g/mol. The molecule has 3 rings (SSSR count). The monoisotopic (exact) mass is 488 g/mol. The van der Waals surface area contributed by atoms with Gasteiger partial charge in [-0.25, -0.2) is 0 Å². The predicted octanol–water partition coefficient (Wildman–Crippen LogP) is 10.6. The molecule has 0 aromatic heterocycles. The maximum absolute atomic E-state index is 4.19. The van der Waals surface area contributed by atoms with Crippen LogP contribution in [0.15, 0.2) is 139 Å². The molecule has 0 saturated heterocycles. The van der Waals surface area contributed by atoms with Gasteiger partial charge in [0.2, 0.25) is 0 Å². The second-order valence-electron chi connectivity index (χ2n) is 11.4. The van der Waals surface area contributed by atoms with E-state index in [1.165, 1.54) is 44.6 Å². The zero-order valence-corrected chi connectivity index (χ0v) is 23.8. The normalized spacial score (nSPS) is 24.2. The number of rotatable bonds is 11. The molecule has 1 aromatic carbocycles. The Morgan fingerprint density at radius 3 is 1.70 bits per heavy atom. The Kier molecular flexibility index (Phi) is 8.33. The highest BCUT2D eigenvalue weighted by Gasteiger charge is 2.47. The third-order valence-corrected chi connectivity index (χ3v) is 8.10. The van der Waals surface area contributed by atoms with Crippen molar-refractivity contribution in [2.45, 2.75) is 59.8 Å². The van der Waals surface area contributed by atoms with Gasteiger partial charge < -0.3 is 0 Å². The number of benzene rings is 1. The molecule has 0 nitrogen and oxygen atoms in total. The molecule has 37 heavy (non-hydrogen) atoms. The molecule has 0 aliphatic heterocycles. The van der Waals surface area contributed by atoms with E-state index in [1.807, 2.05) is 30.4 Å². The smallest absolute Gasteiger partial charge is 0.0192 e. The van der Waals surface area contributed by atoms with Crippen molar-refractivity contribution in [2.75, 3.05) is 0 Å². The Bertz CT molecular complexity index is 1290. The zero-order chi connectivity index (χ0) is 27.4. The van der Waals surface area contributed by atoms with E-state index in [2.05, 4.69) is 123 Å². The number of hydrogen-bond acceptors (Lipinski definition) is 0. The predicted molar refractivity (Wildman–Crippen MR) is 165 cm³/mol. The summed E-state index contributed by atoms with van der Waals surface area (Å²) < 4.78 is 0. The topological polar surface area (TPSA) is 0 Å². The Morgan fingerprint density at radius 2 is 1.19 bits per heavy atom. The van der Waals surface area contributed by atoms with Crippen LogP contribution in [0, 0.1) is 10.8 Å². The van der Waals surface area contributed by atoms with Gasteiger partial charge in [-0.15, -0.1) is 0 Å². The van der Waals surface area contributed by atoms with Crippen LogP contribution in [0.25, 0.3) is 5.57 Å². The Balaban J connectivity index is 2.17. The van der Waals surface area contributed by atoms with Crippen LogP contribution in [0.5, 0.6) is 0 Å². The summed E-state index contributed by atoms with van der Waals surface area (Å²) in [4.78, 5) is 0. The summed E-state index contributed by atoms with van der Waals surface area (Å²) in [5.74, 6) is 0. The average Bonchev–Trinajstić information content (AvgIpc) is 3.21.